The summed E-state index contributed by atoms with van der Waals surface area (Å²) in [6, 6.07) is 0.161. The van der Waals surface area contributed by atoms with E-state index in [9.17, 15) is 9.90 Å². The molecule has 1 amide bonds. The van der Waals surface area contributed by atoms with Crippen molar-refractivity contribution >= 4 is 17.7 Å². The Morgan fingerprint density at radius 2 is 2.15 bits per heavy atom. The second-order valence-corrected chi connectivity index (χ2v) is 4.50. The van der Waals surface area contributed by atoms with Crippen LogP contribution >= 0.6 is 11.8 Å². The normalized spacial score (nSPS) is 13.9. The van der Waals surface area contributed by atoms with Crippen LogP contribution in [-0.2, 0) is 4.79 Å². The van der Waals surface area contributed by atoms with Crippen molar-refractivity contribution in [2.75, 3.05) is 12.0 Å². The van der Waals surface area contributed by atoms with Gasteiger partial charge in [0.2, 0.25) is 0 Å². The van der Waals surface area contributed by atoms with E-state index in [1.165, 1.54) is 13.8 Å². The third-order valence-electron chi connectivity index (χ3n) is 1.75. The van der Waals surface area contributed by atoms with E-state index in [1.54, 1.807) is 11.8 Å². The molecule has 0 aliphatic heterocycles. The lowest BCUT2D eigenvalue weighted by atomic mass is 10.1. The molecule has 0 aliphatic rings. The number of hydrogen-bond acceptors (Lipinski definition) is 3. The van der Waals surface area contributed by atoms with Crippen molar-refractivity contribution < 1.29 is 9.90 Å². The van der Waals surface area contributed by atoms with Gasteiger partial charge < -0.3 is 10.4 Å². The van der Waals surface area contributed by atoms with Crippen LogP contribution in [0.5, 0.6) is 0 Å². The molecule has 2 N–H and O–H groups in total. The highest BCUT2D eigenvalue weighted by Gasteiger charge is 2.25. The Morgan fingerprint density at radius 3 is 2.46 bits per heavy atom. The van der Waals surface area contributed by atoms with E-state index in [0.717, 1.165) is 12.2 Å². The van der Waals surface area contributed by atoms with Crippen molar-refractivity contribution in [3.63, 3.8) is 0 Å². The largest absolute Gasteiger partial charge is 0.381 e. The average molecular weight is 205 g/mol. The number of thioether (sulfide) groups is 1. The number of nitrogens with one attached hydrogen (secondary N) is 1. The summed E-state index contributed by atoms with van der Waals surface area (Å²) in [4.78, 5) is 11.3. The molecule has 0 rings (SSSR count). The number of carbonyl (C=O) groups excluding carboxylic acids is 1. The quantitative estimate of drug-likeness (QED) is 0.704. The highest BCUT2D eigenvalue weighted by Crippen LogP contribution is 2.05. The number of hydrogen-bond donors (Lipinski definition) is 2. The second-order valence-electron chi connectivity index (χ2n) is 3.59. The Bertz CT molecular complexity index is 165. The van der Waals surface area contributed by atoms with Gasteiger partial charge in [-0.1, -0.05) is 6.92 Å². The summed E-state index contributed by atoms with van der Waals surface area (Å²) in [5, 5.41) is 12.2. The molecule has 0 spiro atoms. The molecule has 0 radical (unpaired) electrons. The molecule has 0 aromatic carbocycles. The maximum Gasteiger partial charge on any atom is 0.251 e. The smallest absolute Gasteiger partial charge is 0.251 e. The molecule has 0 aliphatic carbocycles. The van der Waals surface area contributed by atoms with E-state index in [2.05, 4.69) is 5.32 Å². The molecule has 3 nitrogen and oxygen atoms in total. The number of rotatable bonds is 5. The predicted octanol–water partition coefficient (Wildman–Crippen LogP) is 1.02. The van der Waals surface area contributed by atoms with Gasteiger partial charge >= 0.3 is 0 Å². The Kier molecular flexibility index (Phi) is 5.40. The Labute approximate surface area is 84.3 Å². The van der Waals surface area contributed by atoms with Gasteiger partial charge in [0.25, 0.3) is 5.91 Å². The summed E-state index contributed by atoms with van der Waals surface area (Å²) in [7, 11) is 0. The average Bonchev–Trinajstić information content (AvgIpc) is 2.01. The third-order valence-corrected chi connectivity index (χ3v) is 2.49. The first-order chi connectivity index (χ1) is 5.91. The van der Waals surface area contributed by atoms with Crippen LogP contribution in [0.4, 0.5) is 0 Å². The summed E-state index contributed by atoms with van der Waals surface area (Å²) in [5.74, 6) is 0.589. The molecular weight excluding hydrogens is 186 g/mol. The van der Waals surface area contributed by atoms with Crippen LogP contribution in [0.3, 0.4) is 0 Å². The minimum atomic E-state index is -1.27. The zero-order chi connectivity index (χ0) is 10.5. The van der Waals surface area contributed by atoms with Crippen molar-refractivity contribution in [1.82, 2.24) is 5.32 Å². The Hall–Kier alpha value is -0.220. The first-order valence-electron chi connectivity index (χ1n) is 4.44. The van der Waals surface area contributed by atoms with E-state index in [4.69, 9.17) is 0 Å². The van der Waals surface area contributed by atoms with Crippen LogP contribution in [0.15, 0.2) is 0 Å². The van der Waals surface area contributed by atoms with Crippen LogP contribution in [0.1, 0.15) is 27.2 Å². The van der Waals surface area contributed by atoms with Crippen LogP contribution in [0.2, 0.25) is 0 Å². The van der Waals surface area contributed by atoms with Crippen LogP contribution < -0.4 is 5.32 Å². The number of amides is 1. The van der Waals surface area contributed by atoms with Crippen LogP contribution in [-0.4, -0.2) is 34.7 Å². The minimum absolute atomic E-state index is 0.161. The van der Waals surface area contributed by atoms with E-state index in [-0.39, 0.29) is 11.9 Å². The summed E-state index contributed by atoms with van der Waals surface area (Å²) in [6.45, 7) is 5.01. The highest BCUT2D eigenvalue weighted by atomic mass is 32.2. The van der Waals surface area contributed by atoms with Gasteiger partial charge in [-0.15, -0.1) is 0 Å². The highest BCUT2D eigenvalue weighted by molar-refractivity contribution is 7.98. The molecule has 13 heavy (non-hydrogen) atoms. The van der Waals surface area contributed by atoms with E-state index >= 15 is 0 Å². The molecule has 1 unspecified atom stereocenters. The topological polar surface area (TPSA) is 49.3 Å². The van der Waals surface area contributed by atoms with Gasteiger partial charge in [-0.05, 0) is 26.5 Å². The molecule has 0 aromatic rings. The fourth-order valence-corrected chi connectivity index (χ4v) is 1.55. The lowest BCUT2D eigenvalue weighted by molar-refractivity contribution is -0.137. The monoisotopic (exact) mass is 205 g/mol. The van der Waals surface area contributed by atoms with Gasteiger partial charge in [-0.2, -0.15) is 11.8 Å². The third kappa shape index (κ3) is 5.16. The number of aliphatic hydroxyl groups is 1. The minimum Gasteiger partial charge on any atom is -0.381 e. The van der Waals surface area contributed by atoms with Gasteiger partial charge in [0.1, 0.15) is 5.60 Å². The Balaban J connectivity index is 4.01. The first-order valence-corrected chi connectivity index (χ1v) is 5.83. The molecular formula is C9H19NO2S. The van der Waals surface area contributed by atoms with Gasteiger partial charge in [-0.3, -0.25) is 4.79 Å². The van der Waals surface area contributed by atoms with Crippen molar-refractivity contribution in [2.24, 2.45) is 0 Å². The predicted molar refractivity (Wildman–Crippen MR) is 56.9 cm³/mol. The standard InChI is InChI=1S/C9H19NO2S/c1-5-7(6-13-4)10-8(11)9(2,3)12/h7,12H,5-6H2,1-4H3,(H,10,11). The summed E-state index contributed by atoms with van der Waals surface area (Å²) >= 11 is 1.69. The molecule has 1 atom stereocenters. The lowest BCUT2D eigenvalue weighted by Crippen LogP contribution is -2.47. The molecule has 78 valence electrons. The van der Waals surface area contributed by atoms with Crippen molar-refractivity contribution in [1.29, 1.82) is 0 Å². The first kappa shape index (κ1) is 12.8. The lowest BCUT2D eigenvalue weighted by Gasteiger charge is -2.22. The Morgan fingerprint density at radius 1 is 1.62 bits per heavy atom. The van der Waals surface area contributed by atoms with E-state index in [1.807, 2.05) is 13.2 Å². The molecule has 0 heterocycles. The fourth-order valence-electron chi connectivity index (χ4n) is 0.825. The molecule has 4 heteroatoms. The van der Waals surface area contributed by atoms with Gasteiger partial charge in [-0.25, -0.2) is 0 Å². The van der Waals surface area contributed by atoms with Crippen LogP contribution in [0.25, 0.3) is 0 Å². The molecule has 0 fully saturated rings. The SMILES string of the molecule is CCC(CSC)NC(=O)C(C)(C)O. The molecule has 0 aromatic heterocycles. The maximum atomic E-state index is 11.3. The van der Waals surface area contributed by atoms with E-state index < -0.39 is 5.60 Å². The van der Waals surface area contributed by atoms with Crippen molar-refractivity contribution in [3.8, 4) is 0 Å². The maximum absolute atomic E-state index is 11.3. The molecule has 0 saturated heterocycles. The number of carbonyl (C=O) groups is 1. The van der Waals surface area contributed by atoms with Gasteiger partial charge in [0.05, 0.1) is 0 Å². The fraction of sp³-hybridized carbons (Fsp3) is 0.889. The summed E-state index contributed by atoms with van der Waals surface area (Å²) in [6.07, 6.45) is 2.89. The molecule has 0 bridgehead atoms. The zero-order valence-corrected chi connectivity index (χ0v) is 9.57. The van der Waals surface area contributed by atoms with Gasteiger partial charge in [0, 0.05) is 11.8 Å². The van der Waals surface area contributed by atoms with Crippen LogP contribution in [0, 0.1) is 0 Å². The summed E-state index contributed by atoms with van der Waals surface area (Å²) < 4.78 is 0. The van der Waals surface area contributed by atoms with E-state index in [0.29, 0.717) is 0 Å². The van der Waals surface area contributed by atoms with Crippen molar-refractivity contribution in [2.45, 2.75) is 38.8 Å². The summed E-state index contributed by atoms with van der Waals surface area (Å²) in [5.41, 5.74) is -1.27. The second kappa shape index (κ2) is 5.50. The molecule has 0 saturated carbocycles. The van der Waals surface area contributed by atoms with Crippen molar-refractivity contribution in [3.05, 3.63) is 0 Å². The zero-order valence-electron chi connectivity index (χ0n) is 8.76. The van der Waals surface area contributed by atoms with Gasteiger partial charge in [0.15, 0.2) is 0 Å².